The normalized spacial score (nSPS) is 11.2. The van der Waals surface area contributed by atoms with E-state index in [2.05, 4.69) is 20.5 Å². The standard InChI is InChI=1S/C14H16N4O3/c1-14(2,3)13-16-10(17-18-13)11(19)15-9-7-5-4-6-8(9)12(20)21/h4-7H,1-3H3,(H,15,19)(H,20,21)(H,16,17,18). The number of aromatic carboxylic acids is 1. The SMILES string of the molecule is CC(C)(C)c1nc(C(=O)Nc2ccccc2C(=O)O)n[nH]1. The van der Waals surface area contributed by atoms with Gasteiger partial charge in [-0.3, -0.25) is 9.89 Å². The highest BCUT2D eigenvalue weighted by Crippen LogP contribution is 2.18. The number of nitrogens with zero attached hydrogens (tertiary/aromatic N) is 2. The number of hydrogen-bond donors (Lipinski definition) is 3. The Balaban J connectivity index is 2.23. The van der Waals surface area contributed by atoms with E-state index in [1.807, 2.05) is 20.8 Å². The Bertz CT molecular complexity index is 686. The smallest absolute Gasteiger partial charge is 0.337 e. The van der Waals surface area contributed by atoms with Gasteiger partial charge in [-0.1, -0.05) is 32.9 Å². The highest BCUT2D eigenvalue weighted by atomic mass is 16.4. The number of carboxylic acids is 1. The number of carbonyl (C=O) groups is 2. The summed E-state index contributed by atoms with van der Waals surface area (Å²) in [6.45, 7) is 5.82. The van der Waals surface area contributed by atoms with E-state index in [1.54, 1.807) is 12.1 Å². The second kappa shape index (κ2) is 5.35. The summed E-state index contributed by atoms with van der Waals surface area (Å²) in [6.07, 6.45) is 0. The van der Waals surface area contributed by atoms with Crippen molar-refractivity contribution in [1.29, 1.82) is 0 Å². The number of aromatic amines is 1. The van der Waals surface area contributed by atoms with E-state index in [-0.39, 0.29) is 22.5 Å². The summed E-state index contributed by atoms with van der Waals surface area (Å²) >= 11 is 0. The number of hydrogen-bond acceptors (Lipinski definition) is 4. The third kappa shape index (κ3) is 3.25. The largest absolute Gasteiger partial charge is 0.478 e. The first kappa shape index (κ1) is 14.7. The van der Waals surface area contributed by atoms with E-state index < -0.39 is 11.9 Å². The minimum absolute atomic E-state index is 0.0115. The first-order chi connectivity index (χ1) is 9.79. The molecule has 7 nitrogen and oxygen atoms in total. The number of carboxylic acid groups (broad SMARTS) is 1. The highest BCUT2D eigenvalue weighted by Gasteiger charge is 2.22. The molecule has 0 fully saturated rings. The van der Waals surface area contributed by atoms with Gasteiger partial charge < -0.3 is 10.4 Å². The molecular formula is C14H16N4O3. The molecule has 0 saturated heterocycles. The van der Waals surface area contributed by atoms with E-state index in [0.29, 0.717) is 5.82 Å². The third-order valence-electron chi connectivity index (χ3n) is 2.80. The molecule has 110 valence electrons. The average Bonchev–Trinajstić information content (AvgIpc) is 2.88. The number of nitrogens with one attached hydrogen (secondary N) is 2. The highest BCUT2D eigenvalue weighted by molar-refractivity contribution is 6.05. The van der Waals surface area contributed by atoms with Gasteiger partial charge in [-0.2, -0.15) is 0 Å². The van der Waals surface area contributed by atoms with Crippen molar-refractivity contribution < 1.29 is 14.7 Å². The molecule has 7 heteroatoms. The van der Waals surface area contributed by atoms with Crippen LogP contribution >= 0.6 is 0 Å². The van der Waals surface area contributed by atoms with Crippen LogP contribution in [0.2, 0.25) is 0 Å². The van der Waals surface area contributed by atoms with Gasteiger partial charge in [0.05, 0.1) is 11.3 Å². The lowest BCUT2D eigenvalue weighted by Crippen LogP contribution is -2.17. The summed E-state index contributed by atoms with van der Waals surface area (Å²) < 4.78 is 0. The molecule has 0 aliphatic heterocycles. The summed E-state index contributed by atoms with van der Waals surface area (Å²) in [7, 11) is 0. The van der Waals surface area contributed by atoms with Gasteiger partial charge in [0.1, 0.15) is 5.82 Å². The van der Waals surface area contributed by atoms with Crippen LogP contribution in [0, 0.1) is 0 Å². The summed E-state index contributed by atoms with van der Waals surface area (Å²) in [4.78, 5) is 27.3. The maximum Gasteiger partial charge on any atom is 0.337 e. The fraction of sp³-hybridized carbons (Fsp3) is 0.286. The van der Waals surface area contributed by atoms with Gasteiger partial charge in [-0.05, 0) is 12.1 Å². The fourth-order valence-corrected chi connectivity index (χ4v) is 1.66. The zero-order valence-corrected chi connectivity index (χ0v) is 12.0. The van der Waals surface area contributed by atoms with Crippen molar-refractivity contribution in [3.8, 4) is 0 Å². The average molecular weight is 288 g/mol. The van der Waals surface area contributed by atoms with Crippen molar-refractivity contribution in [1.82, 2.24) is 15.2 Å². The molecule has 0 unspecified atom stereocenters. The zero-order valence-electron chi connectivity index (χ0n) is 12.0. The summed E-state index contributed by atoms with van der Waals surface area (Å²) in [6, 6.07) is 6.15. The Morgan fingerprint density at radius 3 is 2.48 bits per heavy atom. The molecule has 0 atom stereocenters. The number of H-pyrrole nitrogens is 1. The maximum atomic E-state index is 12.1. The molecule has 0 saturated carbocycles. The van der Waals surface area contributed by atoms with Crippen LogP contribution in [0.25, 0.3) is 0 Å². The van der Waals surface area contributed by atoms with Crippen molar-refractivity contribution in [2.45, 2.75) is 26.2 Å². The molecule has 1 aromatic heterocycles. The van der Waals surface area contributed by atoms with Gasteiger partial charge in [-0.15, -0.1) is 5.10 Å². The summed E-state index contributed by atoms with van der Waals surface area (Å²) in [5, 5.41) is 18.1. The second-order valence-electron chi connectivity index (χ2n) is 5.56. The molecule has 1 heterocycles. The minimum atomic E-state index is -1.11. The van der Waals surface area contributed by atoms with Gasteiger partial charge in [0.15, 0.2) is 0 Å². The second-order valence-corrected chi connectivity index (χ2v) is 5.56. The lowest BCUT2D eigenvalue weighted by atomic mass is 9.96. The number of carbonyl (C=O) groups excluding carboxylic acids is 1. The van der Waals surface area contributed by atoms with Crippen LogP contribution in [0.1, 0.15) is 47.6 Å². The molecular weight excluding hydrogens is 272 g/mol. The predicted molar refractivity (Wildman–Crippen MR) is 76.4 cm³/mol. The van der Waals surface area contributed by atoms with Gasteiger partial charge >= 0.3 is 5.97 Å². The van der Waals surface area contributed by atoms with E-state index in [1.165, 1.54) is 12.1 Å². The molecule has 0 bridgehead atoms. The van der Waals surface area contributed by atoms with E-state index in [4.69, 9.17) is 5.11 Å². The first-order valence-corrected chi connectivity index (χ1v) is 6.35. The third-order valence-corrected chi connectivity index (χ3v) is 2.80. The number of anilines is 1. The molecule has 3 N–H and O–H groups in total. The molecule has 1 aromatic carbocycles. The molecule has 0 aliphatic rings. The first-order valence-electron chi connectivity index (χ1n) is 6.35. The van der Waals surface area contributed by atoms with Crippen LogP contribution < -0.4 is 5.32 Å². The monoisotopic (exact) mass is 288 g/mol. The number of benzene rings is 1. The van der Waals surface area contributed by atoms with Crippen LogP contribution in [0.3, 0.4) is 0 Å². The molecule has 2 rings (SSSR count). The number of para-hydroxylation sites is 1. The Hall–Kier alpha value is -2.70. The number of rotatable bonds is 3. The predicted octanol–water partition coefficient (Wildman–Crippen LogP) is 2.05. The molecule has 2 aromatic rings. The van der Waals surface area contributed by atoms with Crippen LogP contribution in [0.5, 0.6) is 0 Å². The lowest BCUT2D eigenvalue weighted by molar-refractivity contribution is 0.0698. The molecule has 0 spiro atoms. The summed E-state index contributed by atoms with van der Waals surface area (Å²) in [5.74, 6) is -1.12. The fourth-order valence-electron chi connectivity index (χ4n) is 1.66. The molecule has 1 amide bonds. The van der Waals surface area contributed by atoms with Crippen molar-refractivity contribution in [3.63, 3.8) is 0 Å². The maximum absolute atomic E-state index is 12.1. The van der Waals surface area contributed by atoms with E-state index >= 15 is 0 Å². The van der Waals surface area contributed by atoms with Crippen LogP contribution in [-0.2, 0) is 5.41 Å². The van der Waals surface area contributed by atoms with Crippen molar-refractivity contribution in [2.24, 2.45) is 0 Å². The Kier molecular flexibility index (Phi) is 3.75. The van der Waals surface area contributed by atoms with Crippen LogP contribution in [0.15, 0.2) is 24.3 Å². The Labute approximate surface area is 121 Å². The summed E-state index contributed by atoms with van der Waals surface area (Å²) in [5.41, 5.74) is -0.0423. The van der Waals surface area contributed by atoms with Crippen molar-refractivity contribution >= 4 is 17.6 Å². The quantitative estimate of drug-likeness (QED) is 0.801. The van der Waals surface area contributed by atoms with Crippen molar-refractivity contribution in [2.75, 3.05) is 5.32 Å². The molecule has 21 heavy (non-hydrogen) atoms. The van der Waals surface area contributed by atoms with Gasteiger partial charge in [0.2, 0.25) is 5.82 Å². The molecule has 0 aliphatic carbocycles. The van der Waals surface area contributed by atoms with E-state index in [0.717, 1.165) is 0 Å². The Morgan fingerprint density at radius 1 is 1.24 bits per heavy atom. The van der Waals surface area contributed by atoms with Crippen LogP contribution in [0.4, 0.5) is 5.69 Å². The van der Waals surface area contributed by atoms with Gasteiger partial charge in [0, 0.05) is 5.41 Å². The van der Waals surface area contributed by atoms with E-state index in [9.17, 15) is 9.59 Å². The van der Waals surface area contributed by atoms with Crippen LogP contribution in [-0.4, -0.2) is 32.2 Å². The van der Waals surface area contributed by atoms with Crippen molar-refractivity contribution in [3.05, 3.63) is 41.5 Å². The van der Waals surface area contributed by atoms with Gasteiger partial charge in [0.25, 0.3) is 5.91 Å². The topological polar surface area (TPSA) is 108 Å². The number of aromatic nitrogens is 3. The zero-order chi connectivity index (χ0) is 15.6. The van der Waals surface area contributed by atoms with Gasteiger partial charge in [-0.25, -0.2) is 9.78 Å². The number of amides is 1. The Morgan fingerprint density at radius 2 is 1.90 bits per heavy atom. The lowest BCUT2D eigenvalue weighted by Gasteiger charge is -2.12. The molecule has 0 radical (unpaired) electrons. The minimum Gasteiger partial charge on any atom is -0.478 e.